The fraction of sp³-hybridized carbons (Fsp3) is 0.353. The van der Waals surface area contributed by atoms with Crippen LogP contribution in [0.1, 0.15) is 43.6 Å². The molecule has 0 saturated heterocycles. The van der Waals surface area contributed by atoms with Gasteiger partial charge in [-0.2, -0.15) is 0 Å². The minimum Gasteiger partial charge on any atom is -0.388 e. The monoisotopic (exact) mass is 270 g/mol. The molecule has 0 fully saturated rings. The van der Waals surface area contributed by atoms with Crippen LogP contribution in [0.25, 0.3) is 0 Å². The summed E-state index contributed by atoms with van der Waals surface area (Å²) in [4.78, 5) is 3.95. The zero-order valence-electron chi connectivity index (χ0n) is 12.3. The van der Waals surface area contributed by atoms with Gasteiger partial charge in [0.05, 0.1) is 6.10 Å². The first kappa shape index (κ1) is 14.5. The van der Waals surface area contributed by atoms with Crippen LogP contribution in [0.2, 0.25) is 0 Å². The Morgan fingerprint density at radius 3 is 2.35 bits per heavy atom. The van der Waals surface area contributed by atoms with Crippen molar-refractivity contribution in [3.63, 3.8) is 0 Å². The number of benzene rings is 1. The van der Waals surface area contributed by atoms with Crippen molar-refractivity contribution < 1.29 is 5.11 Å². The number of nitrogen functional groups attached to an aromatic ring is 1. The third-order valence-corrected chi connectivity index (χ3v) is 3.44. The van der Waals surface area contributed by atoms with E-state index in [0.717, 1.165) is 11.1 Å². The Bertz CT molecular complexity index is 570. The summed E-state index contributed by atoms with van der Waals surface area (Å²) in [5, 5.41) is 10.3. The van der Waals surface area contributed by atoms with Gasteiger partial charge in [0.1, 0.15) is 5.82 Å². The molecular weight excluding hydrogens is 248 g/mol. The molecule has 0 radical (unpaired) electrons. The van der Waals surface area contributed by atoms with E-state index in [9.17, 15) is 5.11 Å². The smallest absolute Gasteiger partial charge is 0.123 e. The average Bonchev–Trinajstić information content (AvgIpc) is 2.38. The standard InChI is InChI=1S/C17H22N2O/c1-17(2,3)14-6-4-13(5-7-14)15(20)10-12-8-9-19-16(18)11-12/h4-9,11,15,20H,10H2,1-3H3,(H2,18,19). The van der Waals surface area contributed by atoms with Crippen LogP contribution in [0.15, 0.2) is 42.6 Å². The minimum absolute atomic E-state index is 0.128. The summed E-state index contributed by atoms with van der Waals surface area (Å²) in [6.07, 6.45) is 1.69. The van der Waals surface area contributed by atoms with Crippen LogP contribution >= 0.6 is 0 Å². The topological polar surface area (TPSA) is 59.1 Å². The highest BCUT2D eigenvalue weighted by atomic mass is 16.3. The third kappa shape index (κ3) is 3.58. The van der Waals surface area contributed by atoms with Gasteiger partial charge in [-0.05, 0) is 34.2 Å². The molecule has 2 rings (SSSR count). The molecule has 0 amide bonds. The summed E-state index contributed by atoms with van der Waals surface area (Å²) in [6.45, 7) is 6.54. The molecule has 1 aromatic heterocycles. The molecule has 3 heteroatoms. The fourth-order valence-corrected chi connectivity index (χ4v) is 2.17. The number of aliphatic hydroxyl groups is 1. The van der Waals surface area contributed by atoms with Gasteiger partial charge >= 0.3 is 0 Å². The molecule has 1 atom stereocenters. The number of hydrogen-bond donors (Lipinski definition) is 2. The zero-order valence-corrected chi connectivity index (χ0v) is 12.3. The molecule has 1 heterocycles. The van der Waals surface area contributed by atoms with Gasteiger partial charge in [-0.1, -0.05) is 45.0 Å². The zero-order chi connectivity index (χ0) is 14.8. The lowest BCUT2D eigenvalue weighted by Gasteiger charge is -2.20. The van der Waals surface area contributed by atoms with Crippen LogP contribution in [-0.2, 0) is 11.8 Å². The number of anilines is 1. The van der Waals surface area contributed by atoms with Crippen molar-refractivity contribution in [3.8, 4) is 0 Å². The van der Waals surface area contributed by atoms with Gasteiger partial charge in [0, 0.05) is 12.6 Å². The Morgan fingerprint density at radius 1 is 1.15 bits per heavy atom. The first-order chi connectivity index (χ1) is 9.36. The van der Waals surface area contributed by atoms with E-state index in [-0.39, 0.29) is 5.41 Å². The van der Waals surface area contributed by atoms with E-state index in [1.165, 1.54) is 5.56 Å². The van der Waals surface area contributed by atoms with Crippen molar-refractivity contribution in [1.29, 1.82) is 0 Å². The molecule has 3 N–H and O–H groups in total. The van der Waals surface area contributed by atoms with Crippen LogP contribution < -0.4 is 5.73 Å². The summed E-state index contributed by atoms with van der Waals surface area (Å²) in [6, 6.07) is 11.8. The van der Waals surface area contributed by atoms with Gasteiger partial charge in [-0.3, -0.25) is 0 Å². The number of pyridine rings is 1. The molecule has 1 unspecified atom stereocenters. The van der Waals surface area contributed by atoms with Crippen LogP contribution in [0.4, 0.5) is 5.82 Å². The number of hydrogen-bond acceptors (Lipinski definition) is 3. The van der Waals surface area contributed by atoms with E-state index in [2.05, 4.69) is 37.9 Å². The SMILES string of the molecule is CC(C)(C)c1ccc(C(O)Cc2ccnc(N)c2)cc1. The highest BCUT2D eigenvalue weighted by molar-refractivity contribution is 5.34. The maximum Gasteiger partial charge on any atom is 0.123 e. The average molecular weight is 270 g/mol. The maximum atomic E-state index is 10.3. The van der Waals surface area contributed by atoms with Crippen molar-refractivity contribution in [2.24, 2.45) is 0 Å². The number of aromatic nitrogens is 1. The Balaban J connectivity index is 2.11. The summed E-state index contributed by atoms with van der Waals surface area (Å²) in [7, 11) is 0. The number of rotatable bonds is 3. The molecule has 3 nitrogen and oxygen atoms in total. The third-order valence-electron chi connectivity index (χ3n) is 3.44. The number of nitrogens with zero attached hydrogens (tertiary/aromatic N) is 1. The minimum atomic E-state index is -0.522. The highest BCUT2D eigenvalue weighted by Gasteiger charge is 2.14. The molecule has 0 aliphatic carbocycles. The van der Waals surface area contributed by atoms with Gasteiger partial charge in [-0.15, -0.1) is 0 Å². The van der Waals surface area contributed by atoms with Crippen molar-refractivity contribution in [3.05, 3.63) is 59.3 Å². The summed E-state index contributed by atoms with van der Waals surface area (Å²) >= 11 is 0. The molecule has 20 heavy (non-hydrogen) atoms. The van der Waals surface area contributed by atoms with Gasteiger partial charge in [0.2, 0.25) is 0 Å². The van der Waals surface area contributed by atoms with E-state index in [0.29, 0.717) is 12.2 Å². The summed E-state index contributed by atoms with van der Waals surface area (Å²) < 4.78 is 0. The van der Waals surface area contributed by atoms with Crippen LogP contribution in [-0.4, -0.2) is 10.1 Å². The number of aliphatic hydroxyl groups excluding tert-OH is 1. The van der Waals surface area contributed by atoms with Crippen LogP contribution in [0.3, 0.4) is 0 Å². The second-order valence-corrected chi connectivity index (χ2v) is 6.18. The molecule has 0 aliphatic rings. The van der Waals surface area contributed by atoms with Crippen molar-refractivity contribution >= 4 is 5.82 Å². The first-order valence-corrected chi connectivity index (χ1v) is 6.85. The van der Waals surface area contributed by atoms with Gasteiger partial charge in [-0.25, -0.2) is 4.98 Å². The Morgan fingerprint density at radius 2 is 1.80 bits per heavy atom. The molecule has 106 valence electrons. The lowest BCUT2D eigenvalue weighted by molar-refractivity contribution is 0.178. The second kappa shape index (κ2) is 5.63. The predicted molar refractivity (Wildman–Crippen MR) is 82.5 cm³/mol. The Labute approximate surface area is 120 Å². The fourth-order valence-electron chi connectivity index (χ4n) is 2.17. The van der Waals surface area contributed by atoms with Crippen molar-refractivity contribution in [1.82, 2.24) is 4.98 Å². The molecule has 2 aromatic rings. The molecular formula is C17H22N2O. The van der Waals surface area contributed by atoms with Gasteiger partial charge in [0.25, 0.3) is 0 Å². The molecule has 1 aromatic carbocycles. The largest absolute Gasteiger partial charge is 0.388 e. The summed E-state index contributed by atoms with van der Waals surface area (Å²) in [5.41, 5.74) is 8.96. The summed E-state index contributed by atoms with van der Waals surface area (Å²) in [5.74, 6) is 0.484. The van der Waals surface area contributed by atoms with E-state index < -0.39 is 6.10 Å². The lowest BCUT2D eigenvalue weighted by Crippen LogP contribution is -2.11. The maximum absolute atomic E-state index is 10.3. The van der Waals surface area contributed by atoms with Gasteiger partial charge in [0.15, 0.2) is 0 Å². The van der Waals surface area contributed by atoms with Gasteiger partial charge < -0.3 is 10.8 Å². The molecule has 0 aliphatic heterocycles. The van der Waals surface area contributed by atoms with E-state index >= 15 is 0 Å². The normalized spacial score (nSPS) is 13.2. The van der Waals surface area contributed by atoms with E-state index in [1.807, 2.05) is 18.2 Å². The first-order valence-electron chi connectivity index (χ1n) is 6.85. The Kier molecular flexibility index (Phi) is 4.09. The van der Waals surface area contributed by atoms with Crippen LogP contribution in [0, 0.1) is 0 Å². The van der Waals surface area contributed by atoms with Crippen molar-refractivity contribution in [2.75, 3.05) is 5.73 Å². The molecule has 0 saturated carbocycles. The Hall–Kier alpha value is -1.87. The predicted octanol–water partition coefficient (Wildman–Crippen LogP) is 3.24. The highest BCUT2D eigenvalue weighted by Crippen LogP contribution is 2.25. The second-order valence-electron chi connectivity index (χ2n) is 6.18. The number of nitrogens with two attached hydrogens (primary N) is 1. The van der Waals surface area contributed by atoms with Crippen molar-refractivity contribution in [2.45, 2.75) is 38.7 Å². The quantitative estimate of drug-likeness (QED) is 0.900. The molecule has 0 bridgehead atoms. The lowest BCUT2D eigenvalue weighted by atomic mass is 9.86. The van der Waals surface area contributed by atoms with Crippen LogP contribution in [0.5, 0.6) is 0 Å². The van der Waals surface area contributed by atoms with E-state index in [4.69, 9.17) is 5.73 Å². The van der Waals surface area contributed by atoms with E-state index in [1.54, 1.807) is 12.3 Å². The molecule has 0 spiro atoms.